The van der Waals surface area contributed by atoms with Crippen LogP contribution in [0.2, 0.25) is 0 Å². The number of rotatable bonds is 3. The Hall–Kier alpha value is -1.10. The lowest BCUT2D eigenvalue weighted by Gasteiger charge is -2.09. The molecule has 0 aliphatic heterocycles. The first kappa shape index (κ1) is 8.00. The average Bonchev–Trinajstić information content (AvgIpc) is 2.62. The van der Waals surface area contributed by atoms with Crippen LogP contribution in [-0.2, 0) is 9.59 Å². The summed E-state index contributed by atoms with van der Waals surface area (Å²) in [6.45, 7) is 0. The maximum atomic E-state index is 10.8. The Balaban J connectivity index is 2.71. The molecule has 0 heterocycles. The lowest BCUT2D eigenvalue weighted by Crippen LogP contribution is -2.45. The summed E-state index contributed by atoms with van der Waals surface area (Å²) in [5.74, 6) is -1.41. The first-order valence-corrected chi connectivity index (χ1v) is 3.32. The number of amides is 2. The summed E-state index contributed by atoms with van der Waals surface area (Å²) in [4.78, 5) is 21.4. The topological polar surface area (TPSA) is 98.2 Å². The quantitative estimate of drug-likeness (QED) is 0.439. The predicted molar refractivity (Wildman–Crippen MR) is 38.3 cm³/mol. The van der Waals surface area contributed by atoms with Crippen LogP contribution in [-0.4, -0.2) is 24.4 Å². The van der Waals surface area contributed by atoms with Crippen LogP contribution in [0.1, 0.15) is 6.42 Å². The van der Waals surface area contributed by atoms with E-state index in [1.807, 2.05) is 0 Å². The van der Waals surface area contributed by atoms with Gasteiger partial charge in [0.2, 0.25) is 11.8 Å². The van der Waals surface area contributed by atoms with Gasteiger partial charge in [-0.3, -0.25) is 9.59 Å². The molecule has 0 radical (unpaired) electrons. The van der Waals surface area contributed by atoms with Gasteiger partial charge in [-0.05, 0) is 13.5 Å². The van der Waals surface area contributed by atoms with E-state index in [0.29, 0.717) is 6.42 Å². The summed E-state index contributed by atoms with van der Waals surface area (Å²) in [6.07, 6.45) is 0.425. The molecule has 62 valence electrons. The van der Waals surface area contributed by atoms with Gasteiger partial charge in [-0.15, -0.1) is 0 Å². The Morgan fingerprint density at radius 3 is 2.18 bits per heavy atom. The number of carbonyl (C=O) groups is 2. The Bertz CT molecular complexity index is 216. The van der Waals surface area contributed by atoms with E-state index in [1.54, 1.807) is 7.05 Å². The number of carbonyl (C=O) groups excluding carboxylic acids is 2. The standard InChI is InChI=1S/C6H11N3O2/c1-9-6(5(8)11)2-3(6)4(7)10/h3,9H,2H2,1H3,(H2,7,10)(H2,8,11)/t3-,6?/m0/s1. The Morgan fingerprint density at radius 2 is 2.09 bits per heavy atom. The van der Waals surface area contributed by atoms with Gasteiger partial charge in [0.25, 0.3) is 0 Å². The Morgan fingerprint density at radius 1 is 1.55 bits per heavy atom. The fourth-order valence-corrected chi connectivity index (χ4v) is 1.28. The summed E-state index contributed by atoms with van der Waals surface area (Å²) in [7, 11) is 1.59. The zero-order valence-corrected chi connectivity index (χ0v) is 6.26. The van der Waals surface area contributed by atoms with Gasteiger partial charge in [0.1, 0.15) is 5.54 Å². The van der Waals surface area contributed by atoms with Crippen molar-refractivity contribution in [1.82, 2.24) is 5.32 Å². The fourth-order valence-electron chi connectivity index (χ4n) is 1.28. The monoisotopic (exact) mass is 157 g/mol. The predicted octanol–water partition coefficient (Wildman–Crippen LogP) is -2.06. The van der Waals surface area contributed by atoms with E-state index in [-0.39, 0.29) is 0 Å². The zero-order chi connectivity index (χ0) is 8.65. The molecule has 0 aromatic carbocycles. The van der Waals surface area contributed by atoms with Crippen molar-refractivity contribution in [2.45, 2.75) is 12.0 Å². The maximum absolute atomic E-state index is 10.8. The molecule has 0 saturated heterocycles. The fraction of sp³-hybridized carbons (Fsp3) is 0.667. The lowest BCUT2D eigenvalue weighted by atomic mass is 10.2. The van der Waals surface area contributed by atoms with E-state index < -0.39 is 23.3 Å². The van der Waals surface area contributed by atoms with Crippen molar-refractivity contribution in [3.63, 3.8) is 0 Å². The van der Waals surface area contributed by atoms with Crippen LogP contribution >= 0.6 is 0 Å². The van der Waals surface area contributed by atoms with Crippen LogP contribution in [0.4, 0.5) is 0 Å². The SMILES string of the molecule is CNC1(C(N)=O)C[C@H]1C(N)=O. The summed E-state index contributed by atoms with van der Waals surface area (Å²) in [5.41, 5.74) is 9.21. The van der Waals surface area contributed by atoms with Gasteiger partial charge in [-0.25, -0.2) is 0 Å². The highest BCUT2D eigenvalue weighted by molar-refractivity contribution is 5.98. The molecular weight excluding hydrogens is 146 g/mol. The van der Waals surface area contributed by atoms with Crippen molar-refractivity contribution in [2.75, 3.05) is 7.05 Å². The van der Waals surface area contributed by atoms with E-state index in [4.69, 9.17) is 11.5 Å². The summed E-state index contributed by atoms with van der Waals surface area (Å²) >= 11 is 0. The molecule has 0 spiro atoms. The van der Waals surface area contributed by atoms with Crippen molar-refractivity contribution in [1.29, 1.82) is 0 Å². The average molecular weight is 157 g/mol. The molecule has 5 nitrogen and oxygen atoms in total. The normalized spacial score (nSPS) is 34.8. The Kier molecular flexibility index (Phi) is 1.60. The third-order valence-electron chi connectivity index (χ3n) is 2.19. The number of nitrogens with one attached hydrogen (secondary N) is 1. The van der Waals surface area contributed by atoms with Crippen LogP contribution < -0.4 is 16.8 Å². The van der Waals surface area contributed by atoms with E-state index >= 15 is 0 Å². The highest BCUT2D eigenvalue weighted by Gasteiger charge is 2.61. The highest BCUT2D eigenvalue weighted by Crippen LogP contribution is 2.42. The minimum Gasteiger partial charge on any atom is -0.369 e. The molecule has 1 saturated carbocycles. The van der Waals surface area contributed by atoms with Crippen LogP contribution in [0.3, 0.4) is 0 Å². The number of primary amides is 2. The number of nitrogens with two attached hydrogens (primary N) is 2. The van der Waals surface area contributed by atoms with E-state index in [2.05, 4.69) is 5.32 Å². The van der Waals surface area contributed by atoms with Gasteiger partial charge in [0.05, 0.1) is 5.92 Å². The summed E-state index contributed by atoms with van der Waals surface area (Å²) in [5, 5.41) is 2.71. The van der Waals surface area contributed by atoms with E-state index in [1.165, 1.54) is 0 Å². The third-order valence-corrected chi connectivity index (χ3v) is 2.19. The van der Waals surface area contributed by atoms with E-state index in [0.717, 1.165) is 0 Å². The largest absolute Gasteiger partial charge is 0.369 e. The first-order chi connectivity index (χ1) is 5.04. The molecule has 5 heteroatoms. The molecule has 1 aliphatic carbocycles. The second-order valence-electron chi connectivity index (χ2n) is 2.74. The number of likely N-dealkylation sites (N-methyl/N-ethyl adjacent to an activating group) is 1. The second-order valence-corrected chi connectivity index (χ2v) is 2.74. The van der Waals surface area contributed by atoms with Gasteiger partial charge in [-0.1, -0.05) is 0 Å². The van der Waals surface area contributed by atoms with Crippen LogP contribution in [0.25, 0.3) is 0 Å². The number of hydrogen-bond donors (Lipinski definition) is 3. The molecule has 0 bridgehead atoms. The summed E-state index contributed by atoms with van der Waals surface area (Å²) < 4.78 is 0. The zero-order valence-electron chi connectivity index (χ0n) is 6.26. The van der Waals surface area contributed by atoms with Gasteiger partial charge in [0.15, 0.2) is 0 Å². The van der Waals surface area contributed by atoms with Crippen molar-refractivity contribution in [2.24, 2.45) is 17.4 Å². The molecule has 11 heavy (non-hydrogen) atoms. The van der Waals surface area contributed by atoms with Crippen molar-refractivity contribution in [3.8, 4) is 0 Å². The molecule has 1 fully saturated rings. The molecule has 2 amide bonds. The molecule has 2 atom stereocenters. The smallest absolute Gasteiger partial charge is 0.238 e. The first-order valence-electron chi connectivity index (χ1n) is 3.32. The van der Waals surface area contributed by atoms with E-state index in [9.17, 15) is 9.59 Å². The third kappa shape index (κ3) is 0.970. The minimum atomic E-state index is -0.855. The molecule has 0 aromatic rings. The van der Waals surface area contributed by atoms with Gasteiger partial charge < -0.3 is 16.8 Å². The molecule has 1 unspecified atom stereocenters. The molecule has 1 aliphatic rings. The van der Waals surface area contributed by atoms with Gasteiger partial charge >= 0.3 is 0 Å². The van der Waals surface area contributed by atoms with Crippen molar-refractivity contribution < 1.29 is 9.59 Å². The van der Waals surface area contributed by atoms with Gasteiger partial charge in [0, 0.05) is 0 Å². The van der Waals surface area contributed by atoms with Crippen molar-refractivity contribution >= 4 is 11.8 Å². The molecular formula is C6H11N3O2. The van der Waals surface area contributed by atoms with Crippen molar-refractivity contribution in [3.05, 3.63) is 0 Å². The second kappa shape index (κ2) is 2.20. The van der Waals surface area contributed by atoms with Crippen LogP contribution in [0.5, 0.6) is 0 Å². The number of hydrogen-bond acceptors (Lipinski definition) is 3. The Labute approximate surface area is 64.1 Å². The van der Waals surface area contributed by atoms with Gasteiger partial charge in [-0.2, -0.15) is 0 Å². The lowest BCUT2D eigenvalue weighted by molar-refractivity contribution is -0.125. The maximum Gasteiger partial charge on any atom is 0.238 e. The summed E-state index contributed by atoms with van der Waals surface area (Å²) in [6, 6.07) is 0. The van der Waals surface area contributed by atoms with Crippen LogP contribution in [0.15, 0.2) is 0 Å². The molecule has 0 aromatic heterocycles. The molecule has 1 rings (SSSR count). The highest BCUT2D eigenvalue weighted by atomic mass is 16.2. The molecule has 5 N–H and O–H groups in total. The van der Waals surface area contributed by atoms with Crippen LogP contribution in [0, 0.1) is 5.92 Å². The minimum absolute atomic E-state index is 0.425.